The number of nitrogens with zero attached hydrogens (tertiary/aromatic N) is 1. The first-order valence-corrected chi connectivity index (χ1v) is 9.35. The van der Waals surface area contributed by atoms with Crippen LogP contribution in [-0.2, 0) is 0 Å². The Labute approximate surface area is 133 Å². The lowest BCUT2D eigenvalue weighted by atomic mass is 9.61. The summed E-state index contributed by atoms with van der Waals surface area (Å²) < 4.78 is 0. The highest BCUT2D eigenvalue weighted by Crippen LogP contribution is 2.52. The summed E-state index contributed by atoms with van der Waals surface area (Å²) >= 11 is 0. The van der Waals surface area contributed by atoms with E-state index < -0.39 is 0 Å². The first-order valence-electron chi connectivity index (χ1n) is 9.35. The van der Waals surface area contributed by atoms with Crippen LogP contribution in [0.25, 0.3) is 0 Å². The van der Waals surface area contributed by atoms with Crippen molar-refractivity contribution in [2.45, 2.75) is 86.1 Å². The van der Waals surface area contributed by atoms with Gasteiger partial charge in [-0.3, -0.25) is 0 Å². The Kier molecular flexibility index (Phi) is 5.57. The lowest BCUT2D eigenvalue weighted by Gasteiger charge is -2.44. The van der Waals surface area contributed by atoms with E-state index in [1.807, 2.05) is 11.1 Å². The normalized spacial score (nSPS) is 29.0. The van der Waals surface area contributed by atoms with Gasteiger partial charge < -0.3 is 4.90 Å². The predicted octanol–water partition coefficient (Wildman–Crippen LogP) is 5.66. The SMILES string of the molecule is CC(C)C1=C(C(C)C)C2(CCC1)CCCN(C(C)C)CC2. The maximum Gasteiger partial charge on any atom is 0.00385 e. The molecule has 1 heteroatoms. The van der Waals surface area contributed by atoms with Gasteiger partial charge in [0.1, 0.15) is 0 Å². The van der Waals surface area contributed by atoms with Gasteiger partial charge in [-0.15, -0.1) is 0 Å². The zero-order chi connectivity index (χ0) is 15.6. The van der Waals surface area contributed by atoms with E-state index in [2.05, 4.69) is 46.4 Å². The van der Waals surface area contributed by atoms with E-state index in [1.54, 1.807) is 0 Å². The summed E-state index contributed by atoms with van der Waals surface area (Å²) in [5.74, 6) is 1.47. The van der Waals surface area contributed by atoms with Gasteiger partial charge >= 0.3 is 0 Å². The quantitative estimate of drug-likeness (QED) is 0.606. The third-order valence-electron chi connectivity index (χ3n) is 6.00. The highest BCUT2D eigenvalue weighted by Gasteiger charge is 2.41. The minimum absolute atomic E-state index is 0.537. The van der Waals surface area contributed by atoms with Gasteiger partial charge in [0.05, 0.1) is 0 Å². The fourth-order valence-electron chi connectivity index (χ4n) is 5.06. The second-order valence-corrected chi connectivity index (χ2v) is 8.37. The molecule has 1 heterocycles. The van der Waals surface area contributed by atoms with Crippen LogP contribution in [-0.4, -0.2) is 24.0 Å². The molecule has 2 rings (SSSR count). The Morgan fingerprint density at radius 2 is 1.48 bits per heavy atom. The smallest absolute Gasteiger partial charge is 0.00385 e. The third kappa shape index (κ3) is 3.55. The van der Waals surface area contributed by atoms with E-state index in [0.29, 0.717) is 11.5 Å². The van der Waals surface area contributed by atoms with Crippen molar-refractivity contribution in [2.24, 2.45) is 17.3 Å². The Bertz CT molecular complexity index is 377. The lowest BCUT2D eigenvalue weighted by Crippen LogP contribution is -2.35. The number of allylic oxidation sites excluding steroid dienone is 2. The first-order chi connectivity index (χ1) is 9.87. The predicted molar refractivity (Wildman–Crippen MR) is 93.5 cm³/mol. The molecule has 21 heavy (non-hydrogen) atoms. The molecule has 0 saturated carbocycles. The van der Waals surface area contributed by atoms with Crippen molar-refractivity contribution < 1.29 is 0 Å². The Hall–Kier alpha value is -0.300. The molecule has 1 aliphatic carbocycles. The molecule has 2 aliphatic rings. The van der Waals surface area contributed by atoms with E-state index in [1.165, 1.54) is 51.6 Å². The minimum Gasteiger partial charge on any atom is -0.301 e. The number of rotatable bonds is 3. The topological polar surface area (TPSA) is 3.24 Å². The summed E-state index contributed by atoms with van der Waals surface area (Å²) in [7, 11) is 0. The molecule has 0 aromatic rings. The van der Waals surface area contributed by atoms with Crippen molar-refractivity contribution >= 4 is 0 Å². The van der Waals surface area contributed by atoms with Gasteiger partial charge in [0.2, 0.25) is 0 Å². The molecule has 1 saturated heterocycles. The van der Waals surface area contributed by atoms with Crippen LogP contribution in [0, 0.1) is 17.3 Å². The molecule has 122 valence electrons. The maximum absolute atomic E-state index is 2.70. The Morgan fingerprint density at radius 1 is 0.810 bits per heavy atom. The Balaban J connectivity index is 2.32. The number of hydrogen-bond donors (Lipinski definition) is 0. The molecule has 0 aromatic heterocycles. The molecule has 0 radical (unpaired) electrons. The zero-order valence-corrected chi connectivity index (χ0v) is 15.3. The standard InChI is InChI=1S/C20H37N/c1-15(2)18-9-7-10-20(19(18)16(3)4)11-8-13-21(14-12-20)17(5)6/h15-17H,7-14H2,1-6H3. The van der Waals surface area contributed by atoms with Gasteiger partial charge in [-0.1, -0.05) is 38.8 Å². The highest BCUT2D eigenvalue weighted by atomic mass is 15.1. The van der Waals surface area contributed by atoms with Gasteiger partial charge in [0.15, 0.2) is 0 Å². The fourth-order valence-corrected chi connectivity index (χ4v) is 5.06. The zero-order valence-electron chi connectivity index (χ0n) is 15.3. The molecule has 1 nitrogen and oxygen atoms in total. The van der Waals surface area contributed by atoms with Crippen molar-refractivity contribution in [3.63, 3.8) is 0 Å². The van der Waals surface area contributed by atoms with Crippen LogP contribution in [0.3, 0.4) is 0 Å². The van der Waals surface area contributed by atoms with Crippen LogP contribution in [0.2, 0.25) is 0 Å². The molecule has 0 N–H and O–H groups in total. The molecule has 0 amide bonds. The molecule has 0 bridgehead atoms. The van der Waals surface area contributed by atoms with Gasteiger partial charge in [-0.2, -0.15) is 0 Å². The van der Waals surface area contributed by atoms with E-state index in [9.17, 15) is 0 Å². The van der Waals surface area contributed by atoms with E-state index >= 15 is 0 Å². The van der Waals surface area contributed by atoms with E-state index in [0.717, 1.165) is 11.8 Å². The number of likely N-dealkylation sites (tertiary alicyclic amines) is 1. The van der Waals surface area contributed by atoms with Crippen LogP contribution >= 0.6 is 0 Å². The average Bonchev–Trinajstić information content (AvgIpc) is 2.61. The molecule has 1 unspecified atom stereocenters. The van der Waals surface area contributed by atoms with Gasteiger partial charge in [0.25, 0.3) is 0 Å². The lowest BCUT2D eigenvalue weighted by molar-refractivity contribution is 0.200. The molecule has 1 atom stereocenters. The highest BCUT2D eigenvalue weighted by molar-refractivity contribution is 5.29. The monoisotopic (exact) mass is 291 g/mol. The molecule has 1 fully saturated rings. The van der Waals surface area contributed by atoms with Gasteiger partial charge in [-0.25, -0.2) is 0 Å². The van der Waals surface area contributed by atoms with Crippen molar-refractivity contribution in [1.29, 1.82) is 0 Å². The first kappa shape index (κ1) is 17.1. The van der Waals surface area contributed by atoms with E-state index in [4.69, 9.17) is 0 Å². The maximum atomic E-state index is 2.70. The molecule has 1 aliphatic heterocycles. The van der Waals surface area contributed by atoms with E-state index in [-0.39, 0.29) is 0 Å². The van der Waals surface area contributed by atoms with Crippen LogP contribution < -0.4 is 0 Å². The molecule has 1 spiro atoms. The summed E-state index contributed by atoms with van der Waals surface area (Å²) in [5.41, 5.74) is 4.22. The van der Waals surface area contributed by atoms with Crippen LogP contribution in [0.5, 0.6) is 0 Å². The van der Waals surface area contributed by atoms with Crippen LogP contribution in [0.4, 0.5) is 0 Å². The van der Waals surface area contributed by atoms with Crippen molar-refractivity contribution in [3.8, 4) is 0 Å². The minimum atomic E-state index is 0.537. The van der Waals surface area contributed by atoms with Crippen molar-refractivity contribution in [3.05, 3.63) is 11.1 Å². The summed E-state index contributed by atoms with van der Waals surface area (Å²) in [6.45, 7) is 17.0. The van der Waals surface area contributed by atoms with Gasteiger partial charge in [0, 0.05) is 6.04 Å². The molecular formula is C20H37N. The summed E-state index contributed by atoms with van der Waals surface area (Å²) in [6, 6.07) is 0.708. The van der Waals surface area contributed by atoms with Gasteiger partial charge in [-0.05, 0) is 82.7 Å². The molecular weight excluding hydrogens is 254 g/mol. The molecule has 0 aromatic carbocycles. The second-order valence-electron chi connectivity index (χ2n) is 8.37. The second kappa shape index (κ2) is 6.86. The summed E-state index contributed by atoms with van der Waals surface area (Å²) in [6.07, 6.45) is 8.45. The fraction of sp³-hybridized carbons (Fsp3) is 0.900. The van der Waals surface area contributed by atoms with Crippen molar-refractivity contribution in [2.75, 3.05) is 13.1 Å². The largest absolute Gasteiger partial charge is 0.301 e. The average molecular weight is 292 g/mol. The van der Waals surface area contributed by atoms with Crippen LogP contribution in [0.15, 0.2) is 11.1 Å². The Morgan fingerprint density at radius 3 is 2.05 bits per heavy atom. The number of hydrogen-bond acceptors (Lipinski definition) is 1. The van der Waals surface area contributed by atoms with Crippen molar-refractivity contribution in [1.82, 2.24) is 4.90 Å². The summed E-state index contributed by atoms with van der Waals surface area (Å²) in [5, 5.41) is 0. The van der Waals surface area contributed by atoms with Crippen LogP contribution in [0.1, 0.15) is 80.1 Å². The summed E-state index contributed by atoms with van der Waals surface area (Å²) in [4.78, 5) is 2.70. The third-order valence-corrected chi connectivity index (χ3v) is 6.00.